The summed E-state index contributed by atoms with van der Waals surface area (Å²) in [4.78, 5) is 40.0. The van der Waals surface area contributed by atoms with E-state index in [1.54, 1.807) is 38.1 Å². The molecule has 2 atom stereocenters. The summed E-state index contributed by atoms with van der Waals surface area (Å²) in [5.41, 5.74) is 2.84. The predicted octanol–water partition coefficient (Wildman–Crippen LogP) is 5.28. The number of esters is 1. The molecule has 0 aliphatic carbocycles. The smallest absolute Gasteiger partial charge is 0.331 e. The highest BCUT2D eigenvalue weighted by atomic mass is 16.5. The third-order valence-corrected chi connectivity index (χ3v) is 8.76. The minimum atomic E-state index is -1.24. The van der Waals surface area contributed by atoms with Crippen LogP contribution in [0, 0.1) is 0 Å². The van der Waals surface area contributed by atoms with Gasteiger partial charge in [0.1, 0.15) is 23.6 Å². The van der Waals surface area contributed by atoms with Crippen LogP contribution in [0.3, 0.4) is 0 Å². The Balaban J connectivity index is 1.01. The van der Waals surface area contributed by atoms with E-state index < -0.39 is 23.5 Å². The number of rotatable bonds is 17. The molecule has 2 unspecified atom stereocenters. The molecule has 0 radical (unpaired) electrons. The molecule has 272 valence electrons. The summed E-state index contributed by atoms with van der Waals surface area (Å²) in [6.07, 6.45) is 0.405. The molecule has 0 aliphatic heterocycles. The molecule has 52 heavy (non-hydrogen) atoms. The van der Waals surface area contributed by atoms with E-state index in [1.165, 1.54) is 12.1 Å². The van der Waals surface area contributed by atoms with E-state index in [9.17, 15) is 24.6 Å². The van der Waals surface area contributed by atoms with Crippen molar-refractivity contribution in [3.8, 4) is 11.5 Å². The minimum absolute atomic E-state index is 0.0371. The number of carbonyl (C=O) groups excluding carboxylic acids is 2. The zero-order valence-corrected chi connectivity index (χ0v) is 29.6. The van der Waals surface area contributed by atoms with Crippen molar-refractivity contribution in [1.82, 2.24) is 20.9 Å². The topological polar surface area (TPSA) is 162 Å². The number of phenolic OH excluding ortho intramolecular Hbond substituents is 1. The number of hydrogen-bond acceptors (Lipinski definition) is 9. The molecule has 0 saturated heterocycles. The van der Waals surface area contributed by atoms with Crippen LogP contribution in [0.15, 0.2) is 108 Å². The van der Waals surface area contributed by atoms with Crippen LogP contribution in [-0.2, 0) is 16.1 Å². The Morgan fingerprint density at radius 2 is 1.63 bits per heavy atom. The van der Waals surface area contributed by atoms with E-state index in [0.717, 1.165) is 22.4 Å². The van der Waals surface area contributed by atoms with Crippen molar-refractivity contribution in [3.05, 3.63) is 141 Å². The van der Waals surface area contributed by atoms with Crippen molar-refractivity contribution >= 4 is 22.8 Å². The van der Waals surface area contributed by atoms with Gasteiger partial charge in [0.05, 0.1) is 24.3 Å². The van der Waals surface area contributed by atoms with Crippen LogP contribution in [0.5, 0.6) is 11.5 Å². The number of phenols is 1. The number of hydrogen-bond donors (Lipinski definition) is 6. The van der Waals surface area contributed by atoms with Crippen LogP contribution in [0.25, 0.3) is 10.9 Å². The largest absolute Gasteiger partial charge is 0.506 e. The number of pyridine rings is 1. The average molecular weight is 707 g/mol. The maximum absolute atomic E-state index is 13.0. The number of nitrogens with one attached hydrogen (secondary N) is 4. The summed E-state index contributed by atoms with van der Waals surface area (Å²) >= 11 is 0. The Bertz CT molecular complexity index is 2010. The van der Waals surface area contributed by atoms with Gasteiger partial charge in [-0.1, -0.05) is 60.7 Å². The van der Waals surface area contributed by atoms with Crippen LogP contribution in [0.4, 0.5) is 0 Å². The molecular formula is C41H46N4O7. The maximum atomic E-state index is 13.0. The highest BCUT2D eigenvalue weighted by Gasteiger charge is 2.31. The van der Waals surface area contributed by atoms with E-state index in [4.69, 9.17) is 9.47 Å². The van der Waals surface area contributed by atoms with Gasteiger partial charge in [-0.2, -0.15) is 0 Å². The van der Waals surface area contributed by atoms with Crippen molar-refractivity contribution in [1.29, 1.82) is 0 Å². The Kier molecular flexibility index (Phi) is 12.8. The van der Waals surface area contributed by atoms with E-state index >= 15 is 0 Å². The molecule has 5 rings (SSSR count). The van der Waals surface area contributed by atoms with E-state index in [0.29, 0.717) is 42.5 Å². The number of amides is 1. The van der Waals surface area contributed by atoms with Gasteiger partial charge in [-0.05, 0) is 98.9 Å². The minimum Gasteiger partial charge on any atom is -0.506 e. The lowest BCUT2D eigenvalue weighted by molar-refractivity contribution is -0.150. The molecule has 0 spiro atoms. The fraction of sp³-hybridized carbons (Fsp3) is 0.293. The summed E-state index contributed by atoms with van der Waals surface area (Å²) in [5.74, 6) is -0.255. The maximum Gasteiger partial charge on any atom is 0.331 e. The lowest BCUT2D eigenvalue weighted by atomic mass is 9.99. The second-order valence-electron chi connectivity index (χ2n) is 13.1. The normalized spacial score (nSPS) is 12.6. The van der Waals surface area contributed by atoms with Gasteiger partial charge in [-0.15, -0.1) is 0 Å². The molecule has 1 amide bonds. The van der Waals surface area contributed by atoms with Gasteiger partial charge in [-0.3, -0.25) is 9.59 Å². The molecule has 1 heterocycles. The lowest BCUT2D eigenvalue weighted by Crippen LogP contribution is -2.50. The zero-order valence-electron chi connectivity index (χ0n) is 29.6. The number of H-pyrrole nitrogens is 1. The molecule has 4 aromatic carbocycles. The lowest BCUT2D eigenvalue weighted by Gasteiger charge is -2.24. The molecule has 11 heteroatoms. The molecule has 11 nitrogen and oxygen atoms in total. The van der Waals surface area contributed by atoms with Crippen LogP contribution in [0.1, 0.15) is 71.4 Å². The summed E-state index contributed by atoms with van der Waals surface area (Å²) in [6.45, 7) is 4.54. The van der Waals surface area contributed by atoms with Crippen LogP contribution < -0.4 is 26.2 Å². The number of benzene rings is 4. The summed E-state index contributed by atoms with van der Waals surface area (Å²) in [6, 6.07) is 31.3. The third-order valence-electron chi connectivity index (χ3n) is 8.76. The summed E-state index contributed by atoms with van der Waals surface area (Å²) < 4.78 is 11.5. The Morgan fingerprint density at radius 1 is 0.885 bits per heavy atom. The zero-order chi connectivity index (χ0) is 37.1. The molecule has 1 aromatic heterocycles. The first-order valence-electron chi connectivity index (χ1n) is 17.3. The number of fused-ring (bicyclic) bond motifs is 1. The predicted molar refractivity (Wildman–Crippen MR) is 200 cm³/mol. The fourth-order valence-electron chi connectivity index (χ4n) is 5.88. The van der Waals surface area contributed by atoms with Gasteiger partial charge < -0.3 is 40.6 Å². The van der Waals surface area contributed by atoms with Crippen LogP contribution in [0.2, 0.25) is 0 Å². The highest BCUT2D eigenvalue weighted by Crippen LogP contribution is 2.29. The number of aromatic amines is 1. The Labute approximate surface area is 303 Å². The van der Waals surface area contributed by atoms with Gasteiger partial charge in [0.2, 0.25) is 5.56 Å². The number of aliphatic hydroxyl groups excluding tert-OH is 1. The molecule has 0 bridgehead atoms. The van der Waals surface area contributed by atoms with Crippen molar-refractivity contribution in [2.75, 3.05) is 26.7 Å². The number of carbonyl (C=O) groups is 2. The van der Waals surface area contributed by atoms with E-state index in [-0.39, 0.29) is 36.0 Å². The van der Waals surface area contributed by atoms with Crippen LogP contribution >= 0.6 is 0 Å². The monoisotopic (exact) mass is 706 g/mol. The first-order chi connectivity index (χ1) is 25.1. The van der Waals surface area contributed by atoms with Crippen molar-refractivity contribution < 1.29 is 29.3 Å². The van der Waals surface area contributed by atoms with Gasteiger partial charge in [0.15, 0.2) is 0 Å². The average Bonchev–Trinajstić information content (AvgIpc) is 3.14. The summed E-state index contributed by atoms with van der Waals surface area (Å²) in [5, 5.41) is 30.6. The first kappa shape index (κ1) is 37.8. The molecule has 0 saturated carbocycles. The second kappa shape index (κ2) is 17.6. The fourth-order valence-corrected chi connectivity index (χ4v) is 5.88. The quantitative estimate of drug-likeness (QED) is 0.0559. The highest BCUT2D eigenvalue weighted by molar-refractivity contribution is 5.98. The van der Waals surface area contributed by atoms with Gasteiger partial charge in [0, 0.05) is 23.6 Å². The van der Waals surface area contributed by atoms with Crippen LogP contribution in [-0.4, -0.2) is 59.4 Å². The molecular weight excluding hydrogens is 660 g/mol. The molecule has 0 aliphatic rings. The molecule has 0 fully saturated rings. The number of ether oxygens (including phenoxy) is 2. The molecule has 6 N–H and O–H groups in total. The Morgan fingerprint density at radius 3 is 2.38 bits per heavy atom. The van der Waals surface area contributed by atoms with E-state index in [2.05, 4.69) is 39.1 Å². The first-order valence-corrected chi connectivity index (χ1v) is 17.3. The Hall–Kier alpha value is -5.49. The number of aromatic nitrogens is 1. The van der Waals surface area contributed by atoms with Crippen molar-refractivity contribution in [2.24, 2.45) is 0 Å². The van der Waals surface area contributed by atoms with Gasteiger partial charge in [-0.25, -0.2) is 4.79 Å². The summed E-state index contributed by atoms with van der Waals surface area (Å²) in [7, 11) is 1.93. The third kappa shape index (κ3) is 9.85. The van der Waals surface area contributed by atoms with Gasteiger partial charge >= 0.3 is 5.97 Å². The van der Waals surface area contributed by atoms with Crippen molar-refractivity contribution in [3.63, 3.8) is 0 Å². The van der Waals surface area contributed by atoms with Crippen molar-refractivity contribution in [2.45, 2.75) is 51.0 Å². The number of aromatic hydroxyl groups is 1. The van der Waals surface area contributed by atoms with E-state index in [1.807, 2.05) is 55.6 Å². The van der Waals surface area contributed by atoms with Gasteiger partial charge in [0.25, 0.3) is 5.91 Å². The molecule has 5 aromatic rings. The second-order valence-corrected chi connectivity index (χ2v) is 13.1. The number of aliphatic hydroxyl groups is 1. The standard InChI is InChI=1S/C41H46N4O7/c1-41(2,40(50)51-23-8-7-22-43-25-35(47)32-18-20-34(46)38-33(32)19-21-36(48)44-38)45-39(49)29-16-14-27(15-17-29)26-52-31-13-9-12-30(24-31)37(42-3)28-10-5-4-6-11-28/h4-6,9-21,24,35,37,42-43,46-47H,7-8,22-23,25-26H2,1-3H3,(H,44,48)(H,45,49). The number of unbranched alkanes of at least 4 members (excludes halogenated alkanes) is 1. The SMILES string of the molecule is CNC(c1ccccc1)c1cccc(OCc2ccc(C(=O)NC(C)(C)C(=O)OCCCCNCC(O)c3ccc(O)c4[nH]c(=O)ccc34)cc2)c1.